The lowest BCUT2D eigenvalue weighted by molar-refractivity contribution is 0.206. The number of likely N-dealkylation sites (N-methyl/N-ethyl adjacent to an activating group) is 1. The normalized spacial score (nSPS) is 11.1. The van der Waals surface area contributed by atoms with E-state index >= 15 is 0 Å². The molecule has 0 aliphatic carbocycles. The number of rotatable bonds is 7. The van der Waals surface area contributed by atoms with Gasteiger partial charge in [0.2, 0.25) is 0 Å². The highest BCUT2D eigenvalue weighted by molar-refractivity contribution is 7.13. The monoisotopic (exact) mass is 243 g/mol. The maximum absolute atomic E-state index is 5.04. The van der Waals surface area contributed by atoms with Crippen LogP contribution in [0.2, 0.25) is 0 Å². The third kappa shape index (κ3) is 4.47. The van der Waals surface area contributed by atoms with E-state index in [0.29, 0.717) is 6.04 Å². The summed E-state index contributed by atoms with van der Waals surface area (Å²) < 4.78 is 5.04. The second-order valence-corrected chi connectivity index (χ2v) is 4.91. The van der Waals surface area contributed by atoms with E-state index in [9.17, 15) is 0 Å². The van der Waals surface area contributed by atoms with Crippen LogP contribution in [-0.2, 0) is 11.3 Å². The molecule has 0 spiro atoms. The number of hydrogen-bond donors (Lipinski definition) is 1. The highest BCUT2D eigenvalue weighted by Gasteiger charge is 2.06. The van der Waals surface area contributed by atoms with Gasteiger partial charge in [0.15, 0.2) is 5.13 Å². The second kappa shape index (κ2) is 6.83. The number of aromatic nitrogens is 1. The molecule has 0 aliphatic rings. The van der Waals surface area contributed by atoms with Gasteiger partial charge in [-0.25, -0.2) is 4.98 Å². The van der Waals surface area contributed by atoms with E-state index in [-0.39, 0.29) is 0 Å². The van der Waals surface area contributed by atoms with E-state index in [1.807, 2.05) is 7.05 Å². The van der Waals surface area contributed by atoms with E-state index in [4.69, 9.17) is 4.74 Å². The average molecular weight is 243 g/mol. The van der Waals surface area contributed by atoms with Crippen molar-refractivity contribution in [2.24, 2.45) is 0 Å². The maximum atomic E-state index is 5.04. The molecule has 0 aliphatic heterocycles. The van der Waals surface area contributed by atoms with Crippen LogP contribution in [0, 0.1) is 0 Å². The number of nitrogens with one attached hydrogen (secondary N) is 1. The highest BCUT2D eigenvalue weighted by atomic mass is 32.1. The van der Waals surface area contributed by atoms with E-state index in [1.165, 1.54) is 0 Å². The summed E-state index contributed by atoms with van der Waals surface area (Å²) in [7, 11) is 3.76. The van der Waals surface area contributed by atoms with Gasteiger partial charge >= 0.3 is 0 Å². The first kappa shape index (κ1) is 13.4. The van der Waals surface area contributed by atoms with Crippen LogP contribution >= 0.6 is 11.3 Å². The van der Waals surface area contributed by atoms with Crippen LogP contribution in [0.4, 0.5) is 5.13 Å². The summed E-state index contributed by atoms with van der Waals surface area (Å²) >= 11 is 1.68. The Morgan fingerprint density at radius 1 is 1.56 bits per heavy atom. The van der Waals surface area contributed by atoms with E-state index < -0.39 is 0 Å². The van der Waals surface area contributed by atoms with Crippen LogP contribution in [-0.4, -0.2) is 38.3 Å². The summed E-state index contributed by atoms with van der Waals surface area (Å²) in [5, 5.41) is 6.52. The van der Waals surface area contributed by atoms with Crippen molar-refractivity contribution >= 4 is 16.5 Å². The zero-order valence-electron chi connectivity index (χ0n) is 10.5. The molecular formula is C11H21N3OS. The van der Waals surface area contributed by atoms with Gasteiger partial charge in [0.05, 0.1) is 12.3 Å². The van der Waals surface area contributed by atoms with Gasteiger partial charge in [-0.3, -0.25) is 0 Å². The molecule has 0 saturated carbocycles. The molecule has 5 heteroatoms. The molecule has 4 nitrogen and oxygen atoms in total. The van der Waals surface area contributed by atoms with Gasteiger partial charge in [0, 0.05) is 38.7 Å². The Labute approximate surface area is 102 Å². The Morgan fingerprint density at radius 3 is 2.94 bits per heavy atom. The van der Waals surface area contributed by atoms with Crippen molar-refractivity contribution in [2.75, 3.05) is 32.2 Å². The van der Waals surface area contributed by atoms with Crippen LogP contribution in [0.15, 0.2) is 5.38 Å². The van der Waals surface area contributed by atoms with Gasteiger partial charge < -0.3 is 15.0 Å². The molecule has 0 aromatic carbocycles. The minimum atomic E-state index is 0.497. The fraction of sp³-hybridized carbons (Fsp3) is 0.727. The Balaban J connectivity index is 2.43. The molecule has 0 atom stereocenters. The van der Waals surface area contributed by atoms with E-state index in [0.717, 1.165) is 30.5 Å². The van der Waals surface area contributed by atoms with Crippen molar-refractivity contribution in [3.8, 4) is 0 Å². The molecule has 1 aromatic heterocycles. The zero-order valence-corrected chi connectivity index (χ0v) is 11.3. The number of nitrogens with zero attached hydrogens (tertiary/aromatic N) is 2. The molecule has 0 radical (unpaired) electrons. The zero-order chi connectivity index (χ0) is 12.0. The predicted octanol–water partition coefficient (Wildman–Crippen LogP) is 1.72. The van der Waals surface area contributed by atoms with Crippen LogP contribution in [0.3, 0.4) is 0 Å². The maximum Gasteiger partial charge on any atom is 0.185 e. The molecular weight excluding hydrogens is 222 g/mol. The van der Waals surface area contributed by atoms with Gasteiger partial charge in [0.1, 0.15) is 0 Å². The number of thiazole rings is 1. The quantitative estimate of drug-likeness (QED) is 0.791. The number of methoxy groups -OCH3 is 1. The lowest BCUT2D eigenvalue weighted by Crippen LogP contribution is -2.23. The summed E-state index contributed by atoms with van der Waals surface area (Å²) in [6.45, 7) is 6.72. The number of hydrogen-bond acceptors (Lipinski definition) is 5. The van der Waals surface area contributed by atoms with Gasteiger partial charge in [-0.2, -0.15) is 0 Å². The van der Waals surface area contributed by atoms with Crippen molar-refractivity contribution in [3.05, 3.63) is 11.1 Å². The van der Waals surface area contributed by atoms with Gasteiger partial charge in [-0.15, -0.1) is 11.3 Å². The third-order valence-electron chi connectivity index (χ3n) is 2.19. The fourth-order valence-corrected chi connectivity index (χ4v) is 2.00. The van der Waals surface area contributed by atoms with Crippen molar-refractivity contribution in [1.29, 1.82) is 0 Å². The molecule has 1 heterocycles. The smallest absolute Gasteiger partial charge is 0.185 e. The van der Waals surface area contributed by atoms with Crippen LogP contribution < -0.4 is 10.2 Å². The molecule has 1 rings (SSSR count). The van der Waals surface area contributed by atoms with Crippen molar-refractivity contribution in [1.82, 2.24) is 10.3 Å². The SMILES string of the molecule is COCCN(C)c1nc(CNC(C)C)cs1. The first-order valence-corrected chi connectivity index (χ1v) is 6.39. The molecule has 0 amide bonds. The first-order chi connectivity index (χ1) is 7.63. The fourth-order valence-electron chi connectivity index (χ4n) is 1.19. The van der Waals surface area contributed by atoms with Crippen molar-refractivity contribution < 1.29 is 4.74 Å². The molecule has 0 fully saturated rings. The average Bonchev–Trinajstić information content (AvgIpc) is 2.71. The standard InChI is InChI=1S/C11H21N3OS/c1-9(2)12-7-10-8-16-11(13-10)14(3)5-6-15-4/h8-9,12H,5-7H2,1-4H3. The molecule has 0 saturated heterocycles. The molecule has 0 unspecified atom stereocenters. The van der Waals surface area contributed by atoms with Crippen molar-refractivity contribution in [2.45, 2.75) is 26.4 Å². The van der Waals surface area contributed by atoms with Crippen LogP contribution in [0.25, 0.3) is 0 Å². The largest absolute Gasteiger partial charge is 0.383 e. The summed E-state index contributed by atoms with van der Waals surface area (Å²) in [5.74, 6) is 0. The van der Waals surface area contributed by atoms with Crippen molar-refractivity contribution in [3.63, 3.8) is 0 Å². The molecule has 16 heavy (non-hydrogen) atoms. The number of anilines is 1. The van der Waals surface area contributed by atoms with E-state index in [1.54, 1.807) is 18.4 Å². The summed E-state index contributed by atoms with van der Waals surface area (Å²) in [5.41, 5.74) is 1.11. The predicted molar refractivity (Wildman–Crippen MR) is 69.2 cm³/mol. The van der Waals surface area contributed by atoms with Gasteiger partial charge in [-0.1, -0.05) is 13.8 Å². The van der Waals surface area contributed by atoms with Crippen LogP contribution in [0.5, 0.6) is 0 Å². The third-order valence-corrected chi connectivity index (χ3v) is 3.19. The summed E-state index contributed by atoms with van der Waals surface area (Å²) in [6, 6.07) is 0.497. The molecule has 92 valence electrons. The Bertz CT molecular complexity index is 301. The molecule has 1 N–H and O–H groups in total. The molecule has 1 aromatic rings. The Kier molecular flexibility index (Phi) is 5.73. The Hall–Kier alpha value is -0.650. The number of ether oxygens (including phenoxy) is 1. The minimum absolute atomic E-state index is 0.497. The second-order valence-electron chi connectivity index (χ2n) is 4.07. The van der Waals surface area contributed by atoms with E-state index in [2.05, 4.69) is 34.4 Å². The highest BCUT2D eigenvalue weighted by Crippen LogP contribution is 2.18. The summed E-state index contributed by atoms with van der Waals surface area (Å²) in [6.07, 6.45) is 0. The molecule has 0 bridgehead atoms. The lowest BCUT2D eigenvalue weighted by Gasteiger charge is -2.14. The topological polar surface area (TPSA) is 37.4 Å². The lowest BCUT2D eigenvalue weighted by atomic mass is 10.4. The Morgan fingerprint density at radius 2 is 2.31 bits per heavy atom. The van der Waals surface area contributed by atoms with Gasteiger partial charge in [0.25, 0.3) is 0 Å². The summed E-state index contributed by atoms with van der Waals surface area (Å²) in [4.78, 5) is 6.68. The minimum Gasteiger partial charge on any atom is -0.383 e. The van der Waals surface area contributed by atoms with Crippen LogP contribution in [0.1, 0.15) is 19.5 Å². The first-order valence-electron chi connectivity index (χ1n) is 5.51. The van der Waals surface area contributed by atoms with Gasteiger partial charge in [-0.05, 0) is 0 Å².